The minimum atomic E-state index is 0.135. The molecule has 0 radical (unpaired) electrons. The van der Waals surface area contributed by atoms with E-state index in [9.17, 15) is 4.79 Å². The maximum absolute atomic E-state index is 12.4. The van der Waals surface area contributed by atoms with Gasteiger partial charge in [0.05, 0.1) is 5.69 Å². The van der Waals surface area contributed by atoms with Gasteiger partial charge in [-0.15, -0.1) is 0 Å². The molecule has 0 N–H and O–H groups in total. The number of benzene rings is 1. The lowest BCUT2D eigenvalue weighted by atomic mass is 10.00. The largest absolute Gasteiger partial charge is 0.292 e. The van der Waals surface area contributed by atoms with Crippen LogP contribution in [0.5, 0.6) is 0 Å². The van der Waals surface area contributed by atoms with Crippen LogP contribution in [0.15, 0.2) is 24.3 Å². The molecular formula is C16H20N2O. The molecule has 1 aromatic carbocycles. The normalized spacial score (nSPS) is 10.7. The molecule has 1 aromatic heterocycles. The summed E-state index contributed by atoms with van der Waals surface area (Å²) >= 11 is 0. The first-order valence-electron chi connectivity index (χ1n) is 6.65. The second kappa shape index (κ2) is 5.39. The van der Waals surface area contributed by atoms with E-state index >= 15 is 0 Å². The fourth-order valence-corrected chi connectivity index (χ4v) is 2.27. The van der Waals surface area contributed by atoms with Crippen molar-refractivity contribution in [3.05, 3.63) is 52.3 Å². The van der Waals surface area contributed by atoms with E-state index < -0.39 is 0 Å². The van der Waals surface area contributed by atoms with Gasteiger partial charge >= 0.3 is 0 Å². The number of rotatable bonds is 4. The van der Waals surface area contributed by atoms with E-state index in [-0.39, 0.29) is 5.78 Å². The summed E-state index contributed by atoms with van der Waals surface area (Å²) in [6.07, 6.45) is 0.443. The Labute approximate surface area is 114 Å². The monoisotopic (exact) mass is 256 g/mol. The molecule has 0 bridgehead atoms. The van der Waals surface area contributed by atoms with Gasteiger partial charge in [-0.05, 0) is 44.9 Å². The van der Waals surface area contributed by atoms with Crippen LogP contribution in [0, 0.1) is 20.8 Å². The highest BCUT2D eigenvalue weighted by atomic mass is 16.1. The summed E-state index contributed by atoms with van der Waals surface area (Å²) in [5.74, 6) is 0.135. The van der Waals surface area contributed by atoms with Gasteiger partial charge in [0.1, 0.15) is 5.69 Å². The minimum absolute atomic E-state index is 0.135. The van der Waals surface area contributed by atoms with Crippen LogP contribution >= 0.6 is 0 Å². The van der Waals surface area contributed by atoms with Gasteiger partial charge in [-0.3, -0.25) is 9.48 Å². The molecule has 3 heteroatoms. The zero-order valence-electron chi connectivity index (χ0n) is 12.0. The van der Waals surface area contributed by atoms with E-state index in [4.69, 9.17) is 0 Å². The van der Waals surface area contributed by atoms with E-state index in [0.717, 1.165) is 17.8 Å². The summed E-state index contributed by atoms with van der Waals surface area (Å²) in [7, 11) is 0. The molecule has 0 fully saturated rings. The minimum Gasteiger partial charge on any atom is -0.292 e. The predicted molar refractivity (Wildman–Crippen MR) is 76.6 cm³/mol. The Morgan fingerprint density at radius 2 is 1.95 bits per heavy atom. The lowest BCUT2D eigenvalue weighted by molar-refractivity contribution is 0.0982. The van der Waals surface area contributed by atoms with Crippen LogP contribution in [0.3, 0.4) is 0 Å². The smallest absolute Gasteiger partial charge is 0.185 e. The first-order valence-corrected chi connectivity index (χ1v) is 6.65. The highest BCUT2D eigenvalue weighted by Gasteiger charge is 2.14. The van der Waals surface area contributed by atoms with Crippen molar-refractivity contribution in [2.45, 2.75) is 40.7 Å². The first kappa shape index (κ1) is 13.5. The number of nitrogens with zero attached hydrogens (tertiary/aromatic N) is 2. The molecule has 0 unspecified atom stereocenters. The van der Waals surface area contributed by atoms with E-state index in [0.29, 0.717) is 12.1 Å². The first-order chi connectivity index (χ1) is 9.01. The number of aromatic nitrogens is 2. The fourth-order valence-electron chi connectivity index (χ4n) is 2.27. The van der Waals surface area contributed by atoms with Crippen molar-refractivity contribution in [2.24, 2.45) is 0 Å². The molecule has 0 atom stereocenters. The van der Waals surface area contributed by atoms with Crippen LogP contribution in [-0.2, 0) is 13.0 Å². The van der Waals surface area contributed by atoms with Gasteiger partial charge in [0.2, 0.25) is 0 Å². The van der Waals surface area contributed by atoms with Crippen LogP contribution in [0.25, 0.3) is 0 Å². The highest BCUT2D eigenvalue weighted by molar-refractivity contribution is 5.96. The molecular weight excluding hydrogens is 236 g/mol. The number of hydrogen-bond acceptors (Lipinski definition) is 2. The number of Topliss-reactive ketones (excluding diaryl/α,β-unsaturated/α-hetero) is 1. The van der Waals surface area contributed by atoms with Gasteiger partial charge < -0.3 is 0 Å². The Morgan fingerprint density at radius 1 is 1.21 bits per heavy atom. The van der Waals surface area contributed by atoms with E-state index in [1.165, 1.54) is 11.1 Å². The lowest BCUT2D eigenvalue weighted by Crippen LogP contribution is -2.12. The summed E-state index contributed by atoms with van der Waals surface area (Å²) in [5, 5.41) is 4.33. The van der Waals surface area contributed by atoms with Crippen LogP contribution in [0.4, 0.5) is 0 Å². The third-order valence-electron chi connectivity index (χ3n) is 3.34. The molecule has 2 aromatic rings. The second-order valence-corrected chi connectivity index (χ2v) is 5.02. The van der Waals surface area contributed by atoms with E-state index in [1.807, 2.05) is 33.8 Å². The molecule has 0 aliphatic carbocycles. The van der Waals surface area contributed by atoms with Crippen molar-refractivity contribution < 1.29 is 4.79 Å². The van der Waals surface area contributed by atoms with Crippen molar-refractivity contribution >= 4 is 5.78 Å². The lowest BCUT2D eigenvalue weighted by Gasteiger charge is -2.07. The van der Waals surface area contributed by atoms with E-state index in [2.05, 4.69) is 23.3 Å². The van der Waals surface area contributed by atoms with Gasteiger partial charge in [-0.2, -0.15) is 5.10 Å². The van der Waals surface area contributed by atoms with Gasteiger partial charge in [-0.25, -0.2) is 0 Å². The molecule has 3 nitrogen and oxygen atoms in total. The summed E-state index contributed by atoms with van der Waals surface area (Å²) in [6.45, 7) is 8.74. The molecule has 2 rings (SSSR count). The van der Waals surface area contributed by atoms with Crippen LogP contribution in [0.2, 0.25) is 0 Å². The fraction of sp³-hybridized carbons (Fsp3) is 0.375. The average molecular weight is 256 g/mol. The molecule has 0 amide bonds. The summed E-state index contributed by atoms with van der Waals surface area (Å²) in [5.41, 5.74) is 5.06. The molecule has 19 heavy (non-hydrogen) atoms. The summed E-state index contributed by atoms with van der Waals surface area (Å²) < 4.78 is 1.78. The van der Waals surface area contributed by atoms with Crippen molar-refractivity contribution in [3.8, 4) is 0 Å². The molecule has 0 saturated heterocycles. The zero-order valence-corrected chi connectivity index (χ0v) is 12.0. The highest BCUT2D eigenvalue weighted by Crippen LogP contribution is 2.15. The van der Waals surface area contributed by atoms with Gasteiger partial charge in [0.25, 0.3) is 0 Å². The second-order valence-electron chi connectivity index (χ2n) is 5.02. The Morgan fingerprint density at radius 3 is 2.63 bits per heavy atom. The number of carbonyl (C=O) groups is 1. The third kappa shape index (κ3) is 2.92. The zero-order chi connectivity index (χ0) is 14.0. The maximum Gasteiger partial charge on any atom is 0.185 e. The van der Waals surface area contributed by atoms with E-state index in [1.54, 1.807) is 4.68 Å². The Hall–Kier alpha value is -1.90. The Balaban J connectivity index is 2.27. The number of hydrogen-bond donors (Lipinski definition) is 0. The predicted octanol–water partition coefficient (Wildman–Crippen LogP) is 3.25. The quantitative estimate of drug-likeness (QED) is 0.787. The van der Waals surface area contributed by atoms with Gasteiger partial charge in [-0.1, -0.05) is 23.8 Å². The van der Waals surface area contributed by atoms with Crippen molar-refractivity contribution in [2.75, 3.05) is 0 Å². The van der Waals surface area contributed by atoms with Crippen molar-refractivity contribution in [1.29, 1.82) is 0 Å². The standard InChI is InChI=1S/C16H20N2O/c1-5-18-15(9-13(4)17-18)16(19)10-14-8-11(2)6-7-12(14)3/h6-9H,5,10H2,1-4H3. The van der Waals surface area contributed by atoms with Crippen molar-refractivity contribution in [3.63, 3.8) is 0 Å². The summed E-state index contributed by atoms with van der Waals surface area (Å²) in [4.78, 5) is 12.4. The molecule has 0 spiro atoms. The topological polar surface area (TPSA) is 34.9 Å². The third-order valence-corrected chi connectivity index (χ3v) is 3.34. The number of carbonyl (C=O) groups excluding carboxylic acids is 1. The molecule has 0 aliphatic rings. The van der Waals surface area contributed by atoms with Crippen LogP contribution in [0.1, 0.15) is 39.8 Å². The van der Waals surface area contributed by atoms with Crippen LogP contribution in [-0.4, -0.2) is 15.6 Å². The maximum atomic E-state index is 12.4. The summed E-state index contributed by atoms with van der Waals surface area (Å²) in [6, 6.07) is 8.10. The number of aryl methyl sites for hydroxylation is 4. The van der Waals surface area contributed by atoms with Crippen LogP contribution < -0.4 is 0 Å². The SMILES string of the molecule is CCn1nc(C)cc1C(=O)Cc1cc(C)ccc1C. The molecule has 0 aliphatic heterocycles. The molecule has 100 valence electrons. The Bertz CT molecular complexity index is 611. The van der Waals surface area contributed by atoms with Gasteiger partial charge in [0, 0.05) is 13.0 Å². The molecule has 1 heterocycles. The number of ketones is 1. The van der Waals surface area contributed by atoms with Gasteiger partial charge in [0.15, 0.2) is 5.78 Å². The Kier molecular flexibility index (Phi) is 3.84. The molecule has 0 saturated carbocycles. The average Bonchev–Trinajstić information content (AvgIpc) is 2.75. The van der Waals surface area contributed by atoms with Crippen molar-refractivity contribution in [1.82, 2.24) is 9.78 Å².